The molecule has 10 heteroatoms. The van der Waals surface area contributed by atoms with Gasteiger partial charge in [-0.25, -0.2) is 4.40 Å². The van der Waals surface area contributed by atoms with Gasteiger partial charge in [0, 0.05) is 11.5 Å². The Morgan fingerprint density at radius 2 is 1.96 bits per heavy atom. The van der Waals surface area contributed by atoms with E-state index in [-0.39, 0.29) is 21.4 Å². The lowest BCUT2D eigenvalue weighted by Crippen LogP contribution is -2.16. The summed E-state index contributed by atoms with van der Waals surface area (Å²) < 4.78 is 5.80. The number of hydrogen-bond donors (Lipinski definition) is 1. The van der Waals surface area contributed by atoms with Crippen molar-refractivity contribution in [1.82, 2.24) is 13.8 Å². The van der Waals surface area contributed by atoms with Crippen LogP contribution in [0.25, 0.3) is 11.0 Å². The smallest absolute Gasteiger partial charge is 0.283 e. The number of anilines is 1. The Balaban J connectivity index is 2.23. The Morgan fingerprint density at radius 1 is 1.30 bits per heavy atom. The lowest BCUT2D eigenvalue weighted by Gasteiger charge is -2.08. The van der Waals surface area contributed by atoms with Gasteiger partial charge in [-0.2, -0.15) is 9.36 Å². The van der Waals surface area contributed by atoms with Crippen LogP contribution in [0.5, 0.6) is 0 Å². The van der Waals surface area contributed by atoms with Crippen molar-refractivity contribution in [2.45, 2.75) is 5.16 Å². The number of aromatic nitrogens is 3. The number of fused-ring (bicyclic) bond motifs is 1. The van der Waals surface area contributed by atoms with Crippen LogP contribution < -0.4 is 11.3 Å². The highest BCUT2D eigenvalue weighted by Crippen LogP contribution is 2.27. The maximum Gasteiger partial charge on any atom is 0.283 e. The minimum atomic E-state index is -0.489. The Kier molecular flexibility index (Phi) is 4.33. The molecule has 0 spiro atoms. The molecule has 2 aromatic heterocycles. The maximum atomic E-state index is 12.2. The van der Waals surface area contributed by atoms with Gasteiger partial charge in [-0.1, -0.05) is 35.0 Å². The minimum Gasteiger partial charge on any atom is -0.384 e. The zero-order chi connectivity index (χ0) is 16.7. The van der Waals surface area contributed by atoms with Gasteiger partial charge in [-0.05, 0) is 30.1 Å². The second-order valence-electron chi connectivity index (χ2n) is 4.46. The molecule has 0 saturated carbocycles. The predicted molar refractivity (Wildman–Crippen MR) is 94.2 cm³/mol. The number of Topliss-reactive ketones (excluding diaryl/α,β-unsaturated/α-hetero) is 1. The summed E-state index contributed by atoms with van der Waals surface area (Å²) in [7, 11) is 0. The summed E-state index contributed by atoms with van der Waals surface area (Å²) in [6.45, 7) is 0. The third-order valence-corrected chi connectivity index (χ3v) is 5.06. The number of rotatable bonds is 2. The van der Waals surface area contributed by atoms with Gasteiger partial charge >= 0.3 is 0 Å². The first kappa shape index (κ1) is 16.3. The summed E-state index contributed by atoms with van der Waals surface area (Å²) in [6, 6.07) is 0. The van der Waals surface area contributed by atoms with Crippen molar-refractivity contribution >= 4 is 69.1 Å². The highest BCUT2D eigenvalue weighted by molar-refractivity contribution is 7.98. The number of nitrogen functional groups attached to an aromatic ring is 1. The molecule has 0 saturated heterocycles. The number of hydrogen-bond acceptors (Lipinski definition) is 7. The second kappa shape index (κ2) is 6.12. The van der Waals surface area contributed by atoms with E-state index in [2.05, 4.69) is 9.36 Å². The Morgan fingerprint density at radius 3 is 2.57 bits per heavy atom. The van der Waals surface area contributed by atoms with Crippen molar-refractivity contribution < 1.29 is 4.79 Å². The first-order valence-corrected chi connectivity index (χ1v) is 8.90. The lowest BCUT2D eigenvalue weighted by atomic mass is 10.1. The number of nitrogens with two attached hydrogens (primary N) is 1. The summed E-state index contributed by atoms with van der Waals surface area (Å²) in [4.78, 5) is 28.1. The zero-order valence-corrected chi connectivity index (χ0v) is 14.7. The topological polar surface area (TPSA) is 90.3 Å². The summed E-state index contributed by atoms with van der Waals surface area (Å²) in [5, 5.41) is 0.576. The number of halogens is 2. The van der Waals surface area contributed by atoms with Gasteiger partial charge in [0.2, 0.25) is 10.7 Å². The standard InChI is InChI=1S/C13H8Cl2N4O2S2/c1-22-13-18-23-12-17-11(21)6(10(16)19(12)13)2-5-3-7(14)9(20)8(15)4-5/h2-4H,16H2,1H3. The Hall–Kier alpha value is -1.61. The van der Waals surface area contributed by atoms with E-state index in [0.717, 1.165) is 11.5 Å². The van der Waals surface area contributed by atoms with E-state index in [0.29, 0.717) is 15.7 Å². The van der Waals surface area contributed by atoms with E-state index < -0.39 is 11.3 Å². The van der Waals surface area contributed by atoms with Gasteiger partial charge in [-0.15, -0.1) is 0 Å². The van der Waals surface area contributed by atoms with Crippen molar-refractivity contribution in [2.24, 2.45) is 0 Å². The molecule has 23 heavy (non-hydrogen) atoms. The molecule has 0 unspecified atom stereocenters. The molecule has 2 N–H and O–H groups in total. The monoisotopic (exact) mass is 386 g/mol. The Bertz CT molecular complexity index is 964. The van der Waals surface area contributed by atoms with Crippen LogP contribution in [0.15, 0.2) is 37.7 Å². The summed E-state index contributed by atoms with van der Waals surface area (Å²) >= 11 is 14.1. The third-order valence-electron chi connectivity index (χ3n) is 3.05. The van der Waals surface area contributed by atoms with Gasteiger partial charge in [0.25, 0.3) is 5.56 Å². The average molecular weight is 387 g/mol. The Labute approximate surface area is 148 Å². The quantitative estimate of drug-likeness (QED) is 0.797. The molecule has 0 bridgehead atoms. The van der Waals surface area contributed by atoms with Crippen molar-refractivity contribution in [1.29, 1.82) is 0 Å². The van der Waals surface area contributed by atoms with Crippen molar-refractivity contribution in [2.75, 3.05) is 12.0 Å². The molecule has 0 aromatic carbocycles. The molecule has 118 valence electrons. The van der Waals surface area contributed by atoms with Crippen LogP contribution in [0.1, 0.15) is 5.56 Å². The molecular weight excluding hydrogens is 379 g/mol. The van der Waals surface area contributed by atoms with Gasteiger partial charge in [-0.3, -0.25) is 9.59 Å². The number of carbonyl (C=O) groups excluding carboxylic acids is 1. The van der Waals surface area contributed by atoms with E-state index in [9.17, 15) is 9.59 Å². The summed E-state index contributed by atoms with van der Waals surface area (Å²) in [6.07, 6.45) is 6.19. The zero-order valence-electron chi connectivity index (χ0n) is 11.5. The molecule has 0 radical (unpaired) electrons. The van der Waals surface area contributed by atoms with E-state index in [1.54, 1.807) is 4.40 Å². The molecule has 0 fully saturated rings. The van der Waals surface area contributed by atoms with Crippen LogP contribution in [0.2, 0.25) is 0 Å². The van der Waals surface area contributed by atoms with Crippen LogP contribution in [-0.2, 0) is 4.79 Å². The largest absolute Gasteiger partial charge is 0.384 e. The number of allylic oxidation sites excluding steroid dienone is 5. The van der Waals surface area contributed by atoms with Gasteiger partial charge < -0.3 is 5.73 Å². The van der Waals surface area contributed by atoms with Crippen molar-refractivity contribution in [3.8, 4) is 0 Å². The molecule has 2 aromatic rings. The third kappa shape index (κ3) is 2.83. The molecule has 3 rings (SSSR count). The van der Waals surface area contributed by atoms with E-state index in [1.807, 2.05) is 6.26 Å². The van der Waals surface area contributed by atoms with E-state index in [1.165, 1.54) is 30.0 Å². The van der Waals surface area contributed by atoms with Crippen molar-refractivity contribution in [3.05, 3.63) is 43.7 Å². The molecule has 2 heterocycles. The van der Waals surface area contributed by atoms with Crippen LogP contribution >= 0.6 is 46.5 Å². The molecule has 6 nitrogen and oxygen atoms in total. The highest BCUT2D eigenvalue weighted by atomic mass is 35.5. The first-order valence-electron chi connectivity index (χ1n) is 6.15. The van der Waals surface area contributed by atoms with E-state index >= 15 is 0 Å². The number of carbonyl (C=O) groups is 1. The van der Waals surface area contributed by atoms with Gasteiger partial charge in [0.15, 0.2) is 5.16 Å². The fourth-order valence-electron chi connectivity index (χ4n) is 1.99. The lowest BCUT2D eigenvalue weighted by molar-refractivity contribution is -0.111. The molecule has 0 aliphatic heterocycles. The SMILES string of the molecule is CSc1nsc2nc(=O)c(C=C3C=C(Cl)C(=O)C(Cl)=C3)c(N)n12. The average Bonchev–Trinajstić information content (AvgIpc) is 2.91. The minimum absolute atomic E-state index is 0.0292. The van der Waals surface area contributed by atoms with Crippen molar-refractivity contribution in [3.63, 3.8) is 0 Å². The molecule has 1 aliphatic rings. The van der Waals surface area contributed by atoms with Crippen LogP contribution in [0.3, 0.4) is 0 Å². The number of ketones is 1. The number of thioether (sulfide) groups is 1. The first-order chi connectivity index (χ1) is 10.9. The second-order valence-corrected chi connectivity index (χ2v) is 6.78. The summed E-state index contributed by atoms with van der Waals surface area (Å²) in [5.41, 5.74) is 6.29. The van der Waals surface area contributed by atoms with Crippen LogP contribution in [0, 0.1) is 0 Å². The fraction of sp³-hybridized carbons (Fsp3) is 0.0769. The summed E-state index contributed by atoms with van der Waals surface area (Å²) in [5.74, 6) is -0.244. The molecular formula is C13H8Cl2N4O2S2. The molecule has 1 aliphatic carbocycles. The predicted octanol–water partition coefficient (Wildman–Crippen LogP) is 2.67. The van der Waals surface area contributed by atoms with Gasteiger partial charge in [0.1, 0.15) is 5.82 Å². The highest BCUT2D eigenvalue weighted by Gasteiger charge is 2.19. The molecule has 0 amide bonds. The van der Waals surface area contributed by atoms with Crippen LogP contribution in [0.4, 0.5) is 5.82 Å². The number of nitrogens with zero attached hydrogens (tertiary/aromatic N) is 3. The van der Waals surface area contributed by atoms with Crippen LogP contribution in [-0.4, -0.2) is 25.8 Å². The maximum absolute atomic E-state index is 12.2. The normalized spacial score (nSPS) is 14.9. The fourth-order valence-corrected chi connectivity index (χ4v) is 3.96. The van der Waals surface area contributed by atoms with Gasteiger partial charge in [0.05, 0.1) is 15.6 Å². The van der Waals surface area contributed by atoms with E-state index in [4.69, 9.17) is 28.9 Å². The molecule has 0 atom stereocenters.